The van der Waals surface area contributed by atoms with Crippen LogP contribution in [0, 0.1) is 15.5 Å². The maximum atomic E-state index is 10.9. The fraction of sp³-hybridized carbons (Fsp3) is 0.111. The van der Waals surface area contributed by atoms with Crippen LogP contribution in [-0.4, -0.2) is 16.1 Å². The van der Waals surface area contributed by atoms with Crippen LogP contribution in [0.25, 0.3) is 0 Å². The number of aliphatic imine (C=N–C) groups is 1. The Bertz CT molecular complexity index is 516. The molecular formula is C9H10BrN5O2S. The molecule has 0 heterocycles. The zero-order valence-corrected chi connectivity index (χ0v) is 11.5. The summed E-state index contributed by atoms with van der Waals surface area (Å²) in [6.07, 6.45) is 0. The third kappa shape index (κ3) is 4.34. The molecule has 7 nitrogen and oxygen atoms in total. The van der Waals surface area contributed by atoms with Crippen LogP contribution in [0.5, 0.6) is 0 Å². The Morgan fingerprint density at radius 2 is 2.22 bits per heavy atom. The molecule has 0 unspecified atom stereocenters. The minimum absolute atomic E-state index is 0.00521. The highest BCUT2D eigenvalue weighted by atomic mass is 79.9. The topological polar surface area (TPSA) is 131 Å². The molecule has 0 fully saturated rings. The van der Waals surface area contributed by atoms with Crippen molar-refractivity contribution in [2.24, 2.45) is 16.5 Å². The lowest BCUT2D eigenvalue weighted by Gasteiger charge is -2.02. The van der Waals surface area contributed by atoms with Gasteiger partial charge in [-0.3, -0.25) is 15.5 Å². The van der Waals surface area contributed by atoms with Gasteiger partial charge in [0.25, 0.3) is 5.69 Å². The highest BCUT2D eigenvalue weighted by Gasteiger charge is 2.14. The van der Waals surface area contributed by atoms with E-state index in [0.29, 0.717) is 10.0 Å². The minimum Gasteiger partial charge on any atom is -0.370 e. The predicted molar refractivity (Wildman–Crippen MR) is 75.6 cm³/mol. The maximum Gasteiger partial charge on any atom is 0.274 e. The summed E-state index contributed by atoms with van der Waals surface area (Å²) in [6.45, 7) is 0. The number of hydrogen-bond acceptors (Lipinski definition) is 4. The van der Waals surface area contributed by atoms with Crippen molar-refractivity contribution in [1.82, 2.24) is 0 Å². The predicted octanol–water partition coefficient (Wildman–Crippen LogP) is 1.80. The van der Waals surface area contributed by atoms with Crippen LogP contribution in [0.4, 0.5) is 5.69 Å². The van der Waals surface area contributed by atoms with Gasteiger partial charge in [-0.15, -0.1) is 0 Å². The van der Waals surface area contributed by atoms with Crippen molar-refractivity contribution in [1.29, 1.82) is 5.41 Å². The number of nitrogens with zero attached hydrogens (tertiary/aromatic N) is 2. The first-order valence-electron chi connectivity index (χ1n) is 4.64. The van der Waals surface area contributed by atoms with Gasteiger partial charge in [-0.1, -0.05) is 33.8 Å². The number of nitrogens with one attached hydrogen (secondary N) is 1. The molecule has 0 saturated heterocycles. The van der Waals surface area contributed by atoms with Crippen molar-refractivity contribution in [3.05, 3.63) is 38.3 Å². The van der Waals surface area contributed by atoms with E-state index in [1.54, 1.807) is 12.1 Å². The molecule has 0 aromatic heterocycles. The molecule has 1 aromatic carbocycles. The normalized spacial score (nSPS) is 9.83. The molecular weight excluding hydrogens is 322 g/mol. The van der Waals surface area contributed by atoms with Crippen molar-refractivity contribution >= 4 is 44.5 Å². The number of hydrogen-bond donors (Lipinski definition) is 3. The van der Waals surface area contributed by atoms with Crippen molar-refractivity contribution in [3.8, 4) is 0 Å². The number of thioether (sulfide) groups is 1. The second-order valence-corrected chi connectivity index (χ2v) is 5.04. The average Bonchev–Trinajstić information content (AvgIpc) is 2.26. The van der Waals surface area contributed by atoms with Gasteiger partial charge < -0.3 is 11.5 Å². The lowest BCUT2D eigenvalue weighted by molar-refractivity contribution is -0.385. The Kier molecular flexibility index (Phi) is 5.10. The molecule has 0 spiro atoms. The van der Waals surface area contributed by atoms with Crippen LogP contribution in [0.1, 0.15) is 5.56 Å². The Hall–Kier alpha value is -1.61. The third-order valence-corrected chi connectivity index (χ3v) is 3.15. The SMILES string of the molecule is N=C(N=C(N)N)SCc1ccc(Br)cc1[N+](=O)[O-]. The largest absolute Gasteiger partial charge is 0.370 e. The molecule has 0 atom stereocenters. The average molecular weight is 332 g/mol. The van der Waals surface area contributed by atoms with Crippen LogP contribution in [0.3, 0.4) is 0 Å². The summed E-state index contributed by atoms with van der Waals surface area (Å²) in [4.78, 5) is 13.9. The smallest absolute Gasteiger partial charge is 0.274 e. The molecule has 1 rings (SSSR count). The van der Waals surface area contributed by atoms with Crippen LogP contribution in [0.2, 0.25) is 0 Å². The Morgan fingerprint density at radius 1 is 1.56 bits per heavy atom. The first-order chi connectivity index (χ1) is 8.40. The summed E-state index contributed by atoms with van der Waals surface area (Å²) in [6, 6.07) is 4.74. The number of halogens is 1. The number of nitro groups is 1. The summed E-state index contributed by atoms with van der Waals surface area (Å²) >= 11 is 4.18. The fourth-order valence-electron chi connectivity index (χ4n) is 1.12. The minimum atomic E-state index is -0.467. The van der Waals surface area contributed by atoms with Crippen molar-refractivity contribution in [3.63, 3.8) is 0 Å². The number of benzene rings is 1. The van der Waals surface area contributed by atoms with E-state index in [4.69, 9.17) is 16.9 Å². The van der Waals surface area contributed by atoms with E-state index in [9.17, 15) is 10.1 Å². The Morgan fingerprint density at radius 3 is 2.78 bits per heavy atom. The van der Waals surface area contributed by atoms with E-state index in [-0.39, 0.29) is 22.6 Å². The Labute approximate surface area is 115 Å². The molecule has 18 heavy (non-hydrogen) atoms. The van der Waals surface area contributed by atoms with Gasteiger partial charge in [-0.2, -0.15) is 4.99 Å². The number of rotatable bonds is 3. The lowest BCUT2D eigenvalue weighted by atomic mass is 10.2. The lowest BCUT2D eigenvalue weighted by Crippen LogP contribution is -2.23. The van der Waals surface area contributed by atoms with Gasteiger partial charge in [0.1, 0.15) is 0 Å². The van der Waals surface area contributed by atoms with Gasteiger partial charge in [0, 0.05) is 21.9 Å². The standard InChI is InChI=1S/C9H10BrN5O2S/c10-6-2-1-5(7(3-6)15(16)17)4-18-9(13)14-8(11)12/h1-3H,4H2,(H5,11,12,13,14). The van der Waals surface area contributed by atoms with Gasteiger partial charge in [-0.25, -0.2) is 0 Å². The van der Waals surface area contributed by atoms with Crippen LogP contribution in [0.15, 0.2) is 27.7 Å². The highest BCUT2D eigenvalue weighted by Crippen LogP contribution is 2.27. The van der Waals surface area contributed by atoms with Gasteiger partial charge in [0.2, 0.25) is 0 Å². The number of amidine groups is 1. The van der Waals surface area contributed by atoms with Gasteiger partial charge in [0.05, 0.1) is 4.92 Å². The molecule has 0 amide bonds. The van der Waals surface area contributed by atoms with Gasteiger partial charge >= 0.3 is 0 Å². The van der Waals surface area contributed by atoms with E-state index in [0.717, 1.165) is 11.8 Å². The third-order valence-electron chi connectivity index (χ3n) is 1.84. The Balaban J connectivity index is 2.82. The van der Waals surface area contributed by atoms with E-state index in [2.05, 4.69) is 20.9 Å². The number of guanidine groups is 1. The molecule has 96 valence electrons. The van der Waals surface area contributed by atoms with Crippen molar-refractivity contribution < 1.29 is 4.92 Å². The molecule has 0 aliphatic heterocycles. The van der Waals surface area contributed by atoms with Crippen LogP contribution < -0.4 is 11.5 Å². The van der Waals surface area contributed by atoms with Crippen LogP contribution >= 0.6 is 27.7 Å². The number of nitro benzene ring substituents is 1. The molecule has 9 heteroatoms. The van der Waals surface area contributed by atoms with E-state index < -0.39 is 4.92 Å². The van der Waals surface area contributed by atoms with Gasteiger partial charge in [-0.05, 0) is 6.07 Å². The monoisotopic (exact) mass is 331 g/mol. The first kappa shape index (κ1) is 14.5. The molecule has 0 radical (unpaired) electrons. The van der Waals surface area contributed by atoms with E-state index in [1.165, 1.54) is 6.07 Å². The summed E-state index contributed by atoms with van der Waals surface area (Å²) in [5, 5.41) is 18.2. The summed E-state index contributed by atoms with van der Waals surface area (Å²) in [7, 11) is 0. The second-order valence-electron chi connectivity index (χ2n) is 3.16. The zero-order chi connectivity index (χ0) is 13.7. The van der Waals surface area contributed by atoms with Crippen molar-refractivity contribution in [2.75, 3.05) is 0 Å². The summed E-state index contributed by atoms with van der Waals surface area (Å²) in [5.74, 6) is 0.0388. The highest BCUT2D eigenvalue weighted by molar-refractivity contribution is 9.10. The van der Waals surface area contributed by atoms with Crippen molar-refractivity contribution in [2.45, 2.75) is 5.75 Å². The maximum absolute atomic E-state index is 10.9. The summed E-state index contributed by atoms with van der Waals surface area (Å²) < 4.78 is 0.627. The summed E-state index contributed by atoms with van der Waals surface area (Å²) in [5.41, 5.74) is 10.7. The molecule has 1 aromatic rings. The van der Waals surface area contributed by atoms with Crippen LogP contribution in [-0.2, 0) is 5.75 Å². The molecule has 0 aliphatic carbocycles. The van der Waals surface area contributed by atoms with Gasteiger partial charge in [0.15, 0.2) is 11.1 Å². The fourth-order valence-corrected chi connectivity index (χ4v) is 2.18. The quantitative estimate of drug-likeness (QED) is 0.336. The molecule has 0 saturated carbocycles. The molecule has 5 N–H and O–H groups in total. The zero-order valence-electron chi connectivity index (χ0n) is 9.09. The molecule has 0 bridgehead atoms. The van der Waals surface area contributed by atoms with E-state index in [1.807, 2.05) is 0 Å². The van der Waals surface area contributed by atoms with E-state index >= 15 is 0 Å². The number of nitrogens with two attached hydrogens (primary N) is 2. The second kappa shape index (κ2) is 6.36. The first-order valence-corrected chi connectivity index (χ1v) is 6.42. The molecule has 0 aliphatic rings.